The quantitative estimate of drug-likeness (QED) is 0.669. The first-order valence-electron chi connectivity index (χ1n) is 8.87. The molecule has 28 heavy (non-hydrogen) atoms. The van der Waals surface area contributed by atoms with Crippen LogP contribution >= 0.6 is 0 Å². The molecule has 1 aromatic heterocycles. The fourth-order valence-corrected chi connectivity index (χ4v) is 3.29. The van der Waals surface area contributed by atoms with Crippen molar-refractivity contribution >= 4 is 16.9 Å². The number of aromatic nitrogens is 1. The number of nitrogens with zero attached hydrogens (tertiary/aromatic N) is 2. The second-order valence-corrected chi connectivity index (χ2v) is 6.45. The lowest BCUT2D eigenvalue weighted by atomic mass is 10.1. The summed E-state index contributed by atoms with van der Waals surface area (Å²) >= 11 is 0. The van der Waals surface area contributed by atoms with Crippen LogP contribution in [0.1, 0.15) is 17.4 Å². The molecule has 0 N–H and O–H groups in total. The van der Waals surface area contributed by atoms with Crippen molar-refractivity contribution in [3.05, 3.63) is 59.8 Å². The number of alkyl halides is 2. The maximum Gasteiger partial charge on any atom is 0.387 e. The number of fused-ring (bicyclic) bond motifs is 1. The molecule has 0 bridgehead atoms. The normalized spacial score (nSPS) is 17.2. The van der Waals surface area contributed by atoms with Gasteiger partial charge in [0.15, 0.2) is 5.58 Å². The van der Waals surface area contributed by atoms with E-state index in [9.17, 15) is 13.6 Å². The standard InChI is InChI=1S/C20H18F2N2O4/c21-20(22)27-14-5-3-4-13(10-14)18-12-24(8-9-26-18)19(25)11-16-15-6-1-2-7-17(15)28-23-16/h1-7,10,18,20H,8-9,11-12H2. The van der Waals surface area contributed by atoms with Crippen LogP contribution in [0.3, 0.4) is 0 Å². The number of ether oxygens (including phenoxy) is 2. The molecule has 1 fully saturated rings. The van der Waals surface area contributed by atoms with Gasteiger partial charge in [-0.05, 0) is 29.8 Å². The number of benzene rings is 2. The van der Waals surface area contributed by atoms with Crippen molar-refractivity contribution in [3.63, 3.8) is 0 Å². The minimum Gasteiger partial charge on any atom is -0.435 e. The van der Waals surface area contributed by atoms with E-state index >= 15 is 0 Å². The van der Waals surface area contributed by atoms with Crippen molar-refractivity contribution in [2.24, 2.45) is 0 Å². The van der Waals surface area contributed by atoms with E-state index in [1.165, 1.54) is 12.1 Å². The summed E-state index contributed by atoms with van der Waals surface area (Å²) < 4.78 is 40.3. The monoisotopic (exact) mass is 388 g/mol. The fourth-order valence-electron chi connectivity index (χ4n) is 3.29. The van der Waals surface area contributed by atoms with Gasteiger partial charge in [-0.25, -0.2) is 0 Å². The van der Waals surface area contributed by atoms with Crippen LogP contribution in [-0.2, 0) is 16.0 Å². The molecule has 1 atom stereocenters. The first-order chi connectivity index (χ1) is 13.6. The first-order valence-corrected chi connectivity index (χ1v) is 8.87. The zero-order valence-electron chi connectivity index (χ0n) is 14.9. The molecule has 1 saturated heterocycles. The third-order valence-corrected chi connectivity index (χ3v) is 4.65. The molecule has 0 aliphatic carbocycles. The summed E-state index contributed by atoms with van der Waals surface area (Å²) in [5, 5.41) is 4.82. The third-order valence-electron chi connectivity index (χ3n) is 4.65. The van der Waals surface area contributed by atoms with Crippen LogP contribution < -0.4 is 4.74 Å². The lowest BCUT2D eigenvalue weighted by molar-refractivity contribution is -0.138. The first kappa shape index (κ1) is 18.4. The highest BCUT2D eigenvalue weighted by molar-refractivity contribution is 5.86. The van der Waals surface area contributed by atoms with Gasteiger partial charge in [0, 0.05) is 11.9 Å². The van der Waals surface area contributed by atoms with Gasteiger partial charge in [-0.2, -0.15) is 8.78 Å². The summed E-state index contributed by atoms with van der Waals surface area (Å²) in [4.78, 5) is 14.5. The van der Waals surface area contributed by atoms with E-state index in [0.717, 1.165) is 5.39 Å². The van der Waals surface area contributed by atoms with Crippen molar-refractivity contribution in [1.29, 1.82) is 0 Å². The molecule has 1 amide bonds. The number of rotatable bonds is 5. The summed E-state index contributed by atoms with van der Waals surface area (Å²) in [5.74, 6) is -0.0269. The van der Waals surface area contributed by atoms with Gasteiger partial charge in [0.2, 0.25) is 5.91 Å². The molecular formula is C20H18F2N2O4. The minimum atomic E-state index is -2.89. The Kier molecular flexibility index (Phi) is 5.21. The third kappa shape index (κ3) is 3.96. The van der Waals surface area contributed by atoms with E-state index in [1.54, 1.807) is 23.1 Å². The topological polar surface area (TPSA) is 64.8 Å². The summed E-state index contributed by atoms with van der Waals surface area (Å²) in [6, 6.07) is 13.7. The van der Waals surface area contributed by atoms with Crippen LogP contribution in [0.15, 0.2) is 53.1 Å². The average molecular weight is 388 g/mol. The molecule has 1 aliphatic heterocycles. The zero-order chi connectivity index (χ0) is 19.5. The van der Waals surface area contributed by atoms with Crippen LogP contribution in [0.4, 0.5) is 8.78 Å². The molecule has 0 saturated carbocycles. The van der Waals surface area contributed by atoms with Gasteiger partial charge in [-0.1, -0.05) is 29.4 Å². The van der Waals surface area contributed by atoms with Crippen molar-refractivity contribution in [2.45, 2.75) is 19.1 Å². The smallest absolute Gasteiger partial charge is 0.387 e. The molecule has 3 aromatic rings. The van der Waals surface area contributed by atoms with Crippen molar-refractivity contribution < 1.29 is 27.6 Å². The average Bonchev–Trinajstić information content (AvgIpc) is 3.11. The van der Waals surface area contributed by atoms with Gasteiger partial charge < -0.3 is 18.9 Å². The van der Waals surface area contributed by atoms with E-state index in [2.05, 4.69) is 9.89 Å². The van der Waals surface area contributed by atoms with Crippen molar-refractivity contribution in [3.8, 4) is 5.75 Å². The Bertz CT molecular complexity index is 976. The van der Waals surface area contributed by atoms with Crippen LogP contribution in [-0.4, -0.2) is 42.3 Å². The van der Waals surface area contributed by atoms with E-state index in [0.29, 0.717) is 36.5 Å². The Labute approximate surface area is 159 Å². The summed E-state index contributed by atoms with van der Waals surface area (Å²) in [5.41, 5.74) is 1.92. The molecule has 2 heterocycles. The number of carbonyl (C=O) groups is 1. The highest BCUT2D eigenvalue weighted by atomic mass is 19.3. The van der Waals surface area contributed by atoms with Crippen molar-refractivity contribution in [1.82, 2.24) is 10.1 Å². The number of para-hydroxylation sites is 1. The van der Waals surface area contributed by atoms with Gasteiger partial charge >= 0.3 is 6.61 Å². The molecule has 146 valence electrons. The molecule has 1 aliphatic rings. The fraction of sp³-hybridized carbons (Fsp3) is 0.300. The number of carbonyl (C=O) groups excluding carboxylic acids is 1. The molecule has 6 nitrogen and oxygen atoms in total. The van der Waals surface area contributed by atoms with Gasteiger partial charge in [-0.3, -0.25) is 4.79 Å². The largest absolute Gasteiger partial charge is 0.435 e. The summed E-state index contributed by atoms with van der Waals surface area (Å²) in [6.45, 7) is -1.75. The van der Waals surface area contributed by atoms with Crippen molar-refractivity contribution in [2.75, 3.05) is 19.7 Å². The maximum absolute atomic E-state index is 12.8. The minimum absolute atomic E-state index is 0.0635. The second kappa shape index (κ2) is 7.93. The van der Waals surface area contributed by atoms with Crippen LogP contribution in [0.5, 0.6) is 5.75 Å². The van der Waals surface area contributed by atoms with E-state index < -0.39 is 12.7 Å². The number of hydrogen-bond donors (Lipinski definition) is 0. The number of amides is 1. The number of halogens is 2. The van der Waals surface area contributed by atoms with Gasteiger partial charge in [0.05, 0.1) is 19.6 Å². The second-order valence-electron chi connectivity index (χ2n) is 6.45. The Morgan fingerprint density at radius 2 is 2.11 bits per heavy atom. The van der Waals surface area contributed by atoms with Crippen LogP contribution in [0, 0.1) is 0 Å². The summed E-state index contributed by atoms with van der Waals surface area (Å²) in [7, 11) is 0. The lowest BCUT2D eigenvalue weighted by Gasteiger charge is -2.33. The predicted octanol–water partition coefficient (Wildman–Crippen LogP) is 3.57. The molecule has 0 radical (unpaired) electrons. The predicted molar refractivity (Wildman–Crippen MR) is 96.1 cm³/mol. The lowest BCUT2D eigenvalue weighted by Crippen LogP contribution is -2.43. The Balaban J connectivity index is 1.45. The van der Waals surface area contributed by atoms with Gasteiger partial charge in [0.1, 0.15) is 17.5 Å². The zero-order valence-corrected chi connectivity index (χ0v) is 14.9. The molecular weight excluding hydrogens is 370 g/mol. The van der Waals surface area contributed by atoms with E-state index in [1.807, 2.05) is 18.2 Å². The Morgan fingerprint density at radius 1 is 1.25 bits per heavy atom. The molecule has 1 unspecified atom stereocenters. The van der Waals surface area contributed by atoms with Crippen LogP contribution in [0.25, 0.3) is 11.0 Å². The highest BCUT2D eigenvalue weighted by Crippen LogP contribution is 2.27. The highest BCUT2D eigenvalue weighted by Gasteiger charge is 2.27. The summed E-state index contributed by atoms with van der Waals surface area (Å²) in [6.07, 6.45) is -0.286. The number of morpholine rings is 1. The van der Waals surface area contributed by atoms with Crippen LogP contribution in [0.2, 0.25) is 0 Å². The van der Waals surface area contributed by atoms with Gasteiger partial charge in [0.25, 0.3) is 0 Å². The Morgan fingerprint density at radius 3 is 2.96 bits per heavy atom. The van der Waals surface area contributed by atoms with E-state index in [-0.39, 0.29) is 18.1 Å². The molecule has 0 spiro atoms. The molecule has 4 rings (SSSR count). The molecule has 2 aromatic carbocycles. The SMILES string of the molecule is O=C(Cc1noc2ccccc12)N1CCOC(c2cccc(OC(F)F)c2)C1. The molecule has 8 heteroatoms. The van der Waals surface area contributed by atoms with E-state index in [4.69, 9.17) is 9.26 Å². The Hall–Kier alpha value is -3.00. The maximum atomic E-state index is 12.8. The van der Waals surface area contributed by atoms with Gasteiger partial charge in [-0.15, -0.1) is 0 Å². The number of hydrogen-bond acceptors (Lipinski definition) is 5.